The van der Waals surface area contributed by atoms with Crippen LogP contribution in [0.2, 0.25) is 0 Å². The quantitative estimate of drug-likeness (QED) is 0.264. The first kappa shape index (κ1) is 23.0. The molecule has 0 aliphatic carbocycles. The molecule has 0 bridgehead atoms. The van der Waals surface area contributed by atoms with Gasteiger partial charge in [-0.15, -0.1) is 11.3 Å². The first-order valence-electron chi connectivity index (χ1n) is 11.7. The predicted molar refractivity (Wildman–Crippen MR) is 146 cm³/mol. The van der Waals surface area contributed by atoms with Crippen molar-refractivity contribution < 1.29 is 9.18 Å². The second-order valence-corrected chi connectivity index (χ2v) is 11.4. The van der Waals surface area contributed by atoms with Crippen LogP contribution in [-0.2, 0) is 4.79 Å². The maximum atomic E-state index is 14.3. The number of fused-ring (bicyclic) bond motifs is 3. The van der Waals surface area contributed by atoms with E-state index in [1.54, 1.807) is 23.9 Å². The summed E-state index contributed by atoms with van der Waals surface area (Å²) in [6.45, 7) is 4.00. The minimum atomic E-state index is -0.735. The lowest BCUT2D eigenvalue weighted by atomic mass is 9.70. The van der Waals surface area contributed by atoms with Gasteiger partial charge in [-0.25, -0.2) is 9.37 Å². The summed E-state index contributed by atoms with van der Waals surface area (Å²) in [4.78, 5) is 20.8. The molecule has 0 unspecified atom stereocenters. The number of hydrogen-bond acceptors (Lipinski definition) is 4. The number of thiazole rings is 1. The van der Waals surface area contributed by atoms with Gasteiger partial charge in [0.2, 0.25) is 5.91 Å². The summed E-state index contributed by atoms with van der Waals surface area (Å²) in [5.74, 6) is -0.438. The number of aromatic nitrogens is 1. The zero-order valence-electron chi connectivity index (χ0n) is 19.8. The van der Waals surface area contributed by atoms with E-state index in [9.17, 15) is 9.18 Å². The van der Waals surface area contributed by atoms with Gasteiger partial charge in [-0.05, 0) is 40.8 Å². The maximum absolute atomic E-state index is 14.3. The monoisotopic (exact) mass is 510 g/mol. The van der Waals surface area contributed by atoms with E-state index in [0.717, 1.165) is 10.9 Å². The van der Waals surface area contributed by atoms with Gasteiger partial charge in [0.05, 0.1) is 11.1 Å². The molecule has 0 spiro atoms. The van der Waals surface area contributed by atoms with Gasteiger partial charge in [0.1, 0.15) is 5.82 Å². The van der Waals surface area contributed by atoms with Crippen molar-refractivity contribution in [2.75, 3.05) is 5.32 Å². The number of carbonyl (C=O) groups is 1. The molecule has 178 valence electrons. The Bertz CT molecular complexity index is 1580. The van der Waals surface area contributed by atoms with E-state index in [1.165, 1.54) is 38.3 Å². The van der Waals surface area contributed by atoms with Crippen molar-refractivity contribution in [3.05, 3.63) is 107 Å². The molecular weight excluding hydrogens is 487 g/mol. The topological polar surface area (TPSA) is 42.0 Å². The summed E-state index contributed by atoms with van der Waals surface area (Å²) >= 11 is 3.13. The third-order valence-electron chi connectivity index (χ3n) is 6.86. The molecule has 36 heavy (non-hydrogen) atoms. The van der Waals surface area contributed by atoms with Crippen LogP contribution < -0.4 is 5.32 Å². The lowest BCUT2D eigenvalue weighted by Gasteiger charge is -2.38. The van der Waals surface area contributed by atoms with Crippen LogP contribution in [0.15, 0.2) is 100 Å². The van der Waals surface area contributed by atoms with Gasteiger partial charge in [0, 0.05) is 32.0 Å². The maximum Gasteiger partial charge on any atom is 0.232 e. The second-order valence-electron chi connectivity index (χ2n) is 9.46. The zero-order chi connectivity index (χ0) is 24.9. The summed E-state index contributed by atoms with van der Waals surface area (Å²) in [6, 6.07) is 27.2. The SMILES string of the molecule is CC(C)(C(=O)Nc1nc(-c2ccc(F)c3ccccc23)cs1)C1c2ccccc2Sc2ccccc21. The van der Waals surface area contributed by atoms with Crippen molar-refractivity contribution in [1.82, 2.24) is 4.98 Å². The average molecular weight is 511 g/mol. The molecule has 6 rings (SSSR count). The van der Waals surface area contributed by atoms with Crippen LogP contribution in [0.25, 0.3) is 22.0 Å². The molecule has 2 heterocycles. The van der Waals surface area contributed by atoms with E-state index < -0.39 is 5.41 Å². The normalized spacial score (nSPS) is 13.3. The van der Waals surface area contributed by atoms with E-state index in [1.807, 2.05) is 61.7 Å². The van der Waals surface area contributed by atoms with Gasteiger partial charge in [-0.3, -0.25) is 4.79 Å². The molecule has 0 fully saturated rings. The lowest BCUT2D eigenvalue weighted by molar-refractivity contribution is -0.124. The van der Waals surface area contributed by atoms with Gasteiger partial charge in [-0.2, -0.15) is 0 Å². The van der Waals surface area contributed by atoms with Gasteiger partial charge in [-0.1, -0.05) is 86.3 Å². The highest BCUT2D eigenvalue weighted by molar-refractivity contribution is 7.99. The Morgan fingerprint density at radius 3 is 2.17 bits per heavy atom. The Morgan fingerprint density at radius 1 is 0.861 bits per heavy atom. The van der Waals surface area contributed by atoms with Crippen molar-refractivity contribution in [3.8, 4) is 11.3 Å². The molecular formula is C30H23FN2OS2. The van der Waals surface area contributed by atoms with Crippen molar-refractivity contribution in [2.24, 2.45) is 5.41 Å². The number of carbonyl (C=O) groups excluding carboxylic acids is 1. The number of nitrogens with one attached hydrogen (secondary N) is 1. The molecule has 1 aliphatic heterocycles. The molecule has 1 aromatic heterocycles. The van der Waals surface area contributed by atoms with Crippen molar-refractivity contribution in [2.45, 2.75) is 29.6 Å². The molecule has 0 saturated heterocycles. The lowest BCUT2D eigenvalue weighted by Crippen LogP contribution is -2.38. The fraction of sp³-hybridized carbons (Fsp3) is 0.133. The summed E-state index contributed by atoms with van der Waals surface area (Å²) in [7, 11) is 0. The molecule has 3 nitrogen and oxygen atoms in total. The van der Waals surface area contributed by atoms with E-state index >= 15 is 0 Å². The van der Waals surface area contributed by atoms with Crippen LogP contribution in [0.3, 0.4) is 0 Å². The van der Waals surface area contributed by atoms with E-state index in [-0.39, 0.29) is 17.6 Å². The highest BCUT2D eigenvalue weighted by Gasteiger charge is 2.42. The first-order chi connectivity index (χ1) is 17.4. The predicted octanol–water partition coefficient (Wildman–Crippen LogP) is 8.36. The molecule has 0 radical (unpaired) electrons. The molecule has 0 saturated carbocycles. The fourth-order valence-corrected chi connectivity index (χ4v) is 6.86. The number of benzene rings is 4. The van der Waals surface area contributed by atoms with E-state index in [0.29, 0.717) is 16.2 Å². The van der Waals surface area contributed by atoms with Crippen LogP contribution in [0.4, 0.5) is 9.52 Å². The standard InChI is InChI=1S/C30H23FN2OS2/c1-30(2,27-21-11-5-7-13-25(21)36-26-14-8-6-12-22(26)27)28(34)33-29-32-24(17-35-29)20-15-16-23(31)19-10-4-3-9-18(19)20/h3-17,27H,1-2H3,(H,32,33,34). The van der Waals surface area contributed by atoms with Crippen LogP contribution in [-0.4, -0.2) is 10.9 Å². The highest BCUT2D eigenvalue weighted by Crippen LogP contribution is 2.52. The van der Waals surface area contributed by atoms with Crippen molar-refractivity contribution >= 4 is 44.9 Å². The van der Waals surface area contributed by atoms with Gasteiger partial charge >= 0.3 is 0 Å². The minimum absolute atomic E-state index is 0.0890. The zero-order valence-corrected chi connectivity index (χ0v) is 21.4. The third kappa shape index (κ3) is 3.81. The Hall–Kier alpha value is -3.48. The number of halogens is 1. The Balaban J connectivity index is 1.33. The largest absolute Gasteiger partial charge is 0.301 e. The molecule has 0 atom stereocenters. The first-order valence-corrected chi connectivity index (χ1v) is 13.4. The van der Waals surface area contributed by atoms with Crippen molar-refractivity contribution in [1.29, 1.82) is 0 Å². The molecule has 1 N–H and O–H groups in total. The van der Waals surface area contributed by atoms with Crippen LogP contribution in [0.1, 0.15) is 30.9 Å². The third-order valence-corrected chi connectivity index (χ3v) is 8.80. The van der Waals surface area contributed by atoms with E-state index in [2.05, 4.69) is 29.6 Å². The van der Waals surface area contributed by atoms with Crippen LogP contribution in [0, 0.1) is 11.2 Å². The number of anilines is 1. The number of amides is 1. The van der Waals surface area contributed by atoms with Crippen molar-refractivity contribution in [3.63, 3.8) is 0 Å². The minimum Gasteiger partial charge on any atom is -0.301 e. The number of nitrogens with zero attached hydrogens (tertiary/aromatic N) is 1. The average Bonchev–Trinajstić information content (AvgIpc) is 3.35. The molecule has 4 aromatic carbocycles. The molecule has 1 amide bonds. The summed E-state index contributed by atoms with van der Waals surface area (Å²) < 4.78 is 14.3. The summed E-state index contributed by atoms with van der Waals surface area (Å²) in [6.07, 6.45) is 0. The van der Waals surface area contributed by atoms with Crippen LogP contribution in [0.5, 0.6) is 0 Å². The molecule has 5 aromatic rings. The Labute approximate surface area is 217 Å². The Morgan fingerprint density at radius 2 is 1.47 bits per heavy atom. The number of rotatable bonds is 4. The molecule has 1 aliphatic rings. The fourth-order valence-electron chi connectivity index (χ4n) is 5.02. The smallest absolute Gasteiger partial charge is 0.232 e. The van der Waals surface area contributed by atoms with Gasteiger partial charge in [0.25, 0.3) is 0 Å². The van der Waals surface area contributed by atoms with Gasteiger partial charge in [0.15, 0.2) is 5.13 Å². The summed E-state index contributed by atoms with van der Waals surface area (Å²) in [5, 5.41) is 6.87. The van der Waals surface area contributed by atoms with Gasteiger partial charge < -0.3 is 5.32 Å². The molecule has 6 heteroatoms. The second kappa shape index (κ2) is 8.87. The summed E-state index contributed by atoms with van der Waals surface area (Å²) in [5.41, 5.74) is 3.16. The Kier molecular flexibility index (Phi) is 5.66. The van der Waals surface area contributed by atoms with Crippen LogP contribution >= 0.6 is 23.1 Å². The van der Waals surface area contributed by atoms with E-state index in [4.69, 9.17) is 4.98 Å². The number of hydrogen-bond donors (Lipinski definition) is 1. The highest BCUT2D eigenvalue weighted by atomic mass is 32.2.